The van der Waals surface area contributed by atoms with E-state index in [-0.39, 0.29) is 5.88 Å². The van der Waals surface area contributed by atoms with Gasteiger partial charge in [-0.15, -0.1) is 11.6 Å². The van der Waals surface area contributed by atoms with Gasteiger partial charge in [-0.25, -0.2) is 8.78 Å². The molecular formula is C7H4ClF2. The molecule has 0 saturated carbocycles. The lowest BCUT2D eigenvalue weighted by Crippen LogP contribution is -1.84. The van der Waals surface area contributed by atoms with E-state index < -0.39 is 11.6 Å². The number of halogens is 3. The lowest BCUT2D eigenvalue weighted by atomic mass is 10.2. The summed E-state index contributed by atoms with van der Waals surface area (Å²) in [6.07, 6.45) is 0. The largest absolute Gasteiger partial charge is 0.207 e. The smallest absolute Gasteiger partial charge is 0.134 e. The number of benzene rings is 1. The first-order valence-electron chi connectivity index (χ1n) is 2.65. The Labute approximate surface area is 62.4 Å². The van der Waals surface area contributed by atoms with Crippen molar-refractivity contribution in [3.8, 4) is 0 Å². The van der Waals surface area contributed by atoms with Crippen LogP contribution in [0.5, 0.6) is 0 Å². The van der Waals surface area contributed by atoms with Crippen molar-refractivity contribution in [3.05, 3.63) is 35.4 Å². The van der Waals surface area contributed by atoms with Crippen LogP contribution in [-0.2, 0) is 5.88 Å². The fourth-order valence-corrected chi connectivity index (χ4v) is 0.771. The number of hydrogen-bond acceptors (Lipinski definition) is 0. The van der Waals surface area contributed by atoms with Gasteiger partial charge in [0.05, 0.1) is 0 Å². The molecule has 0 bridgehead atoms. The molecule has 0 spiro atoms. The van der Waals surface area contributed by atoms with Crippen LogP contribution in [0.1, 0.15) is 5.56 Å². The van der Waals surface area contributed by atoms with Crippen molar-refractivity contribution in [2.24, 2.45) is 0 Å². The molecule has 10 heavy (non-hydrogen) atoms. The van der Waals surface area contributed by atoms with E-state index in [2.05, 4.69) is 6.07 Å². The second-order valence-electron chi connectivity index (χ2n) is 1.81. The summed E-state index contributed by atoms with van der Waals surface area (Å²) >= 11 is 5.31. The molecule has 0 aliphatic heterocycles. The lowest BCUT2D eigenvalue weighted by Gasteiger charge is -1.93. The fourth-order valence-electron chi connectivity index (χ4n) is 0.627. The van der Waals surface area contributed by atoms with E-state index in [1.807, 2.05) is 0 Å². The van der Waals surface area contributed by atoms with Crippen LogP contribution < -0.4 is 0 Å². The van der Waals surface area contributed by atoms with Crippen molar-refractivity contribution < 1.29 is 8.78 Å². The molecule has 53 valence electrons. The average Bonchev–Trinajstić information content (AvgIpc) is 1.85. The van der Waals surface area contributed by atoms with E-state index in [4.69, 9.17) is 11.6 Å². The van der Waals surface area contributed by atoms with Crippen LogP contribution in [0.15, 0.2) is 12.1 Å². The quantitative estimate of drug-likeness (QED) is 0.556. The van der Waals surface area contributed by atoms with E-state index >= 15 is 0 Å². The van der Waals surface area contributed by atoms with Gasteiger partial charge in [-0.2, -0.15) is 0 Å². The van der Waals surface area contributed by atoms with Crippen LogP contribution in [0.25, 0.3) is 0 Å². The summed E-state index contributed by atoms with van der Waals surface area (Å²) in [4.78, 5) is 0. The second-order valence-corrected chi connectivity index (χ2v) is 2.07. The van der Waals surface area contributed by atoms with Crippen molar-refractivity contribution in [1.29, 1.82) is 0 Å². The van der Waals surface area contributed by atoms with Crippen molar-refractivity contribution in [3.63, 3.8) is 0 Å². The molecule has 0 saturated heterocycles. The average molecular weight is 162 g/mol. The maximum atomic E-state index is 12.3. The third-order valence-electron chi connectivity index (χ3n) is 1.00. The van der Waals surface area contributed by atoms with Gasteiger partial charge in [0.15, 0.2) is 0 Å². The fraction of sp³-hybridized carbons (Fsp3) is 0.143. The highest BCUT2D eigenvalue weighted by Crippen LogP contribution is 2.08. The van der Waals surface area contributed by atoms with Gasteiger partial charge < -0.3 is 0 Å². The molecule has 0 atom stereocenters. The minimum atomic E-state index is -0.712. The summed E-state index contributed by atoms with van der Waals surface area (Å²) in [5.74, 6) is -1.25. The predicted molar refractivity (Wildman–Crippen MR) is 34.8 cm³/mol. The van der Waals surface area contributed by atoms with Gasteiger partial charge in [-0.05, 0) is 11.6 Å². The SMILES string of the molecule is Fc1[c]c(CCl)cc(F)c1. The minimum Gasteiger partial charge on any atom is -0.207 e. The Morgan fingerprint density at radius 3 is 2.60 bits per heavy atom. The minimum absolute atomic E-state index is 0.0781. The second kappa shape index (κ2) is 2.97. The molecule has 0 aromatic heterocycles. The maximum absolute atomic E-state index is 12.3. The summed E-state index contributed by atoms with van der Waals surface area (Å²) < 4.78 is 24.6. The maximum Gasteiger partial charge on any atom is 0.134 e. The zero-order valence-corrected chi connectivity index (χ0v) is 5.75. The third-order valence-corrected chi connectivity index (χ3v) is 1.29. The summed E-state index contributed by atoms with van der Waals surface area (Å²) in [5.41, 5.74) is 0.333. The Morgan fingerprint density at radius 2 is 2.10 bits per heavy atom. The summed E-state index contributed by atoms with van der Waals surface area (Å²) in [7, 11) is 0. The molecule has 1 aromatic carbocycles. The molecule has 0 fully saturated rings. The normalized spacial score (nSPS) is 9.90. The Bertz CT molecular complexity index is 215. The van der Waals surface area contributed by atoms with Gasteiger partial charge in [0.25, 0.3) is 0 Å². The Hall–Kier alpha value is -0.630. The molecule has 0 N–H and O–H groups in total. The van der Waals surface area contributed by atoms with E-state index in [9.17, 15) is 8.78 Å². The highest BCUT2D eigenvalue weighted by atomic mass is 35.5. The van der Waals surface area contributed by atoms with Crippen molar-refractivity contribution in [2.45, 2.75) is 5.88 Å². The number of hydrogen-bond donors (Lipinski definition) is 0. The predicted octanol–water partition coefficient (Wildman–Crippen LogP) is 2.50. The first-order chi connectivity index (χ1) is 4.72. The molecule has 1 radical (unpaired) electrons. The van der Waals surface area contributed by atoms with Crippen LogP contribution in [0.3, 0.4) is 0 Å². The monoisotopic (exact) mass is 161 g/mol. The van der Waals surface area contributed by atoms with E-state index in [0.29, 0.717) is 5.56 Å². The Morgan fingerprint density at radius 1 is 1.40 bits per heavy atom. The highest BCUT2D eigenvalue weighted by molar-refractivity contribution is 6.17. The van der Waals surface area contributed by atoms with Gasteiger partial charge in [-0.3, -0.25) is 0 Å². The van der Waals surface area contributed by atoms with Crippen molar-refractivity contribution in [2.75, 3.05) is 0 Å². The molecule has 0 amide bonds. The van der Waals surface area contributed by atoms with E-state index in [1.165, 1.54) is 0 Å². The third kappa shape index (κ3) is 1.67. The van der Waals surface area contributed by atoms with Gasteiger partial charge in [0.2, 0.25) is 0 Å². The lowest BCUT2D eigenvalue weighted by molar-refractivity contribution is 0.579. The molecule has 1 rings (SSSR count). The van der Waals surface area contributed by atoms with E-state index in [0.717, 1.165) is 12.1 Å². The Balaban J connectivity index is 3.06. The molecule has 0 heterocycles. The molecule has 0 unspecified atom stereocenters. The summed E-state index contributed by atoms with van der Waals surface area (Å²) in [6.45, 7) is 0. The van der Waals surface area contributed by atoms with Gasteiger partial charge in [0, 0.05) is 18.0 Å². The molecule has 0 nitrogen and oxygen atoms in total. The number of rotatable bonds is 1. The van der Waals surface area contributed by atoms with Crippen molar-refractivity contribution >= 4 is 11.6 Å². The summed E-state index contributed by atoms with van der Waals surface area (Å²) in [5, 5.41) is 0. The molecule has 1 aromatic rings. The topological polar surface area (TPSA) is 0 Å². The molecule has 3 heteroatoms. The van der Waals surface area contributed by atoms with E-state index in [1.54, 1.807) is 0 Å². The first kappa shape index (κ1) is 7.48. The van der Waals surface area contributed by atoms with Gasteiger partial charge in [-0.1, -0.05) is 0 Å². The van der Waals surface area contributed by atoms with Crippen LogP contribution >= 0.6 is 11.6 Å². The van der Waals surface area contributed by atoms with Crippen LogP contribution in [-0.4, -0.2) is 0 Å². The highest BCUT2D eigenvalue weighted by Gasteiger charge is 1.98. The van der Waals surface area contributed by atoms with Crippen molar-refractivity contribution in [1.82, 2.24) is 0 Å². The first-order valence-corrected chi connectivity index (χ1v) is 3.19. The van der Waals surface area contributed by atoms with Gasteiger partial charge >= 0.3 is 0 Å². The summed E-state index contributed by atoms with van der Waals surface area (Å²) in [6, 6.07) is 4.17. The molecule has 0 aliphatic carbocycles. The zero-order valence-electron chi connectivity index (χ0n) is 5.00. The molecule has 0 aliphatic rings. The number of alkyl halides is 1. The molecular weight excluding hydrogens is 158 g/mol. The van der Waals surface area contributed by atoms with Gasteiger partial charge in [0.1, 0.15) is 11.6 Å². The van der Waals surface area contributed by atoms with Crippen LogP contribution in [0.4, 0.5) is 8.78 Å². The van der Waals surface area contributed by atoms with Crippen LogP contribution in [0.2, 0.25) is 0 Å². The standard InChI is InChI=1S/C7H4ClF2/c8-4-5-1-6(9)3-7(10)2-5/h1,3H,4H2. The Kier molecular flexibility index (Phi) is 2.22. The zero-order chi connectivity index (χ0) is 7.56. The van der Waals surface area contributed by atoms with Crippen LogP contribution in [0, 0.1) is 17.7 Å².